The summed E-state index contributed by atoms with van der Waals surface area (Å²) in [5.41, 5.74) is -0.405. The van der Waals surface area contributed by atoms with Gasteiger partial charge in [0, 0.05) is 20.6 Å². The number of ether oxygens (including phenoxy) is 1. The topological polar surface area (TPSA) is 183 Å². The molecule has 1 aromatic rings. The number of fused-ring (bicyclic) bond motifs is 1. The van der Waals surface area contributed by atoms with Crippen LogP contribution in [0.15, 0.2) is 30.3 Å². The zero-order chi connectivity index (χ0) is 38.4. The van der Waals surface area contributed by atoms with Gasteiger partial charge in [0.2, 0.25) is 29.4 Å². The second-order valence-corrected chi connectivity index (χ2v) is 15.9. The van der Waals surface area contributed by atoms with E-state index in [-0.39, 0.29) is 42.1 Å². The van der Waals surface area contributed by atoms with Crippen molar-refractivity contribution in [3.05, 3.63) is 35.9 Å². The maximum Gasteiger partial charge on any atom is 0.407 e. The smallest absolute Gasteiger partial charge is 0.407 e. The Morgan fingerprint density at radius 2 is 1.61 bits per heavy atom. The molecule has 4 unspecified atom stereocenters. The lowest BCUT2D eigenvalue weighted by Gasteiger charge is -2.37. The van der Waals surface area contributed by atoms with E-state index in [1.54, 1.807) is 51.4 Å². The van der Waals surface area contributed by atoms with E-state index in [1.807, 2.05) is 48.5 Å². The molecule has 6 amide bonds. The first-order chi connectivity index (χ1) is 23.7. The van der Waals surface area contributed by atoms with Crippen molar-refractivity contribution in [2.45, 2.75) is 92.4 Å². The molecule has 0 bridgehead atoms. The van der Waals surface area contributed by atoms with Crippen molar-refractivity contribution < 1.29 is 38.3 Å². The van der Waals surface area contributed by atoms with Crippen LogP contribution in [0.5, 0.6) is 0 Å². The lowest BCUT2D eigenvalue weighted by Crippen LogP contribution is -2.60. The van der Waals surface area contributed by atoms with E-state index in [9.17, 15) is 33.6 Å². The molecule has 0 spiro atoms. The summed E-state index contributed by atoms with van der Waals surface area (Å²) >= 11 is 0. The Labute approximate surface area is 301 Å². The van der Waals surface area contributed by atoms with Gasteiger partial charge in [0.05, 0.1) is 19.2 Å². The Balaban J connectivity index is 1.72. The van der Waals surface area contributed by atoms with E-state index in [2.05, 4.69) is 21.3 Å². The number of piperidine rings is 1. The van der Waals surface area contributed by atoms with E-state index in [0.717, 1.165) is 0 Å². The van der Waals surface area contributed by atoms with Gasteiger partial charge in [-0.25, -0.2) is 4.79 Å². The van der Waals surface area contributed by atoms with E-state index < -0.39 is 71.6 Å². The number of nitrogens with one attached hydrogen (secondary N) is 4. The first-order valence-corrected chi connectivity index (χ1v) is 17.6. The van der Waals surface area contributed by atoms with Crippen LogP contribution in [-0.2, 0) is 33.5 Å². The van der Waals surface area contributed by atoms with Gasteiger partial charge in [0.25, 0.3) is 5.91 Å². The standard InChI is InChI=1S/C37H56N6O8/c1-11-15-24(29(45)32(47)38-18-25(44)40-27(33(48)42(9)10)22-16-13-12-14-17-22)39-31(46)28-26-23(37(26,7)8)19-43(28)34(49)30(36(4,5)6)41-35(50)51-20-21(2)3/h12-14,16-17,21,23-24,26-28,30H,11,15,18-20H2,1-10H3,(H,38,47)(H,39,46)(H,40,44)(H,41,50)/t23?,24?,26?,27-,28?,30+/m0/s1. The lowest BCUT2D eigenvalue weighted by molar-refractivity contribution is -0.145. The second-order valence-electron chi connectivity index (χ2n) is 15.9. The van der Waals surface area contributed by atoms with Gasteiger partial charge in [-0.15, -0.1) is 0 Å². The molecule has 14 heteroatoms. The molecular weight excluding hydrogens is 656 g/mol. The summed E-state index contributed by atoms with van der Waals surface area (Å²) in [6.45, 7) is 15.0. The van der Waals surface area contributed by atoms with Crippen LogP contribution >= 0.6 is 0 Å². The molecule has 0 aromatic heterocycles. The molecule has 2 fully saturated rings. The van der Waals surface area contributed by atoms with Crippen molar-refractivity contribution in [2.24, 2.45) is 28.6 Å². The summed E-state index contributed by atoms with van der Waals surface area (Å²) in [5, 5.41) is 10.4. The van der Waals surface area contributed by atoms with E-state index in [0.29, 0.717) is 18.5 Å². The molecule has 1 saturated carbocycles. The average molecular weight is 713 g/mol. The molecule has 6 atom stereocenters. The number of carbonyl (C=O) groups excluding carboxylic acids is 7. The molecule has 1 aliphatic heterocycles. The predicted molar refractivity (Wildman–Crippen MR) is 190 cm³/mol. The quantitative estimate of drug-likeness (QED) is 0.200. The van der Waals surface area contributed by atoms with E-state index in [1.165, 1.54) is 9.80 Å². The summed E-state index contributed by atoms with van der Waals surface area (Å²) in [4.78, 5) is 95.6. The highest BCUT2D eigenvalue weighted by molar-refractivity contribution is 6.38. The zero-order valence-corrected chi connectivity index (χ0v) is 31.6. The third-order valence-corrected chi connectivity index (χ3v) is 9.65. The van der Waals surface area contributed by atoms with Crippen LogP contribution < -0.4 is 21.3 Å². The summed E-state index contributed by atoms with van der Waals surface area (Å²) in [7, 11) is 3.12. The van der Waals surface area contributed by atoms with E-state index >= 15 is 0 Å². The molecule has 51 heavy (non-hydrogen) atoms. The number of alkyl carbamates (subject to hydrolysis) is 1. The monoisotopic (exact) mass is 712 g/mol. The minimum atomic E-state index is -1.21. The highest BCUT2D eigenvalue weighted by Crippen LogP contribution is 2.65. The van der Waals surface area contributed by atoms with E-state index in [4.69, 9.17) is 4.74 Å². The molecule has 4 N–H and O–H groups in total. The first-order valence-electron chi connectivity index (χ1n) is 17.6. The second kappa shape index (κ2) is 16.7. The lowest BCUT2D eigenvalue weighted by atomic mass is 9.85. The molecule has 2 aliphatic rings. The van der Waals surface area contributed by atoms with Gasteiger partial charge in [0.15, 0.2) is 0 Å². The maximum absolute atomic E-state index is 14.1. The SMILES string of the molecule is CCCC(NC(=O)C1C2C(CN1C(=O)[C@@H](NC(=O)OCC(C)C)C(C)(C)C)C2(C)C)C(=O)C(=O)NCC(=O)N[C@H](C(=O)N(C)C)c1ccccc1. The summed E-state index contributed by atoms with van der Waals surface area (Å²) < 4.78 is 5.28. The molecule has 0 radical (unpaired) electrons. The number of carbonyl (C=O) groups is 7. The fraction of sp³-hybridized carbons (Fsp3) is 0.649. The van der Waals surface area contributed by atoms with Crippen molar-refractivity contribution in [3.63, 3.8) is 0 Å². The minimum Gasteiger partial charge on any atom is -0.449 e. The minimum absolute atomic E-state index is 0.0342. The Hall–Kier alpha value is -4.49. The van der Waals surface area contributed by atoms with Gasteiger partial charge >= 0.3 is 6.09 Å². The maximum atomic E-state index is 14.1. The van der Waals surface area contributed by atoms with Crippen molar-refractivity contribution in [3.8, 4) is 0 Å². The van der Waals surface area contributed by atoms with Gasteiger partial charge in [-0.3, -0.25) is 28.8 Å². The Kier molecular flexibility index (Phi) is 13.4. The van der Waals surface area contributed by atoms with Gasteiger partial charge in [-0.1, -0.05) is 92.1 Å². The van der Waals surface area contributed by atoms with Gasteiger partial charge in [0.1, 0.15) is 18.1 Å². The number of ketones is 1. The van der Waals surface area contributed by atoms with Crippen molar-refractivity contribution in [1.82, 2.24) is 31.1 Å². The Morgan fingerprint density at radius 1 is 0.980 bits per heavy atom. The van der Waals surface area contributed by atoms with Crippen molar-refractivity contribution in [2.75, 3.05) is 33.8 Å². The zero-order valence-electron chi connectivity index (χ0n) is 31.6. The fourth-order valence-electron chi connectivity index (χ4n) is 6.65. The molecule has 1 heterocycles. The summed E-state index contributed by atoms with van der Waals surface area (Å²) in [5.74, 6) is -4.12. The van der Waals surface area contributed by atoms with Crippen LogP contribution in [0.4, 0.5) is 4.79 Å². The van der Waals surface area contributed by atoms with Crippen LogP contribution in [0, 0.1) is 28.6 Å². The highest BCUT2D eigenvalue weighted by Gasteiger charge is 2.70. The number of rotatable bonds is 15. The number of likely N-dealkylation sites (N-methyl/N-ethyl adjacent to an activating group) is 1. The highest BCUT2D eigenvalue weighted by atomic mass is 16.5. The Bertz CT molecular complexity index is 1470. The van der Waals surface area contributed by atoms with Gasteiger partial charge in [-0.2, -0.15) is 0 Å². The van der Waals surface area contributed by atoms with Gasteiger partial charge < -0.3 is 35.8 Å². The number of hydrogen-bond donors (Lipinski definition) is 4. The molecule has 1 saturated heterocycles. The number of nitrogens with zero attached hydrogens (tertiary/aromatic N) is 2. The number of benzene rings is 1. The van der Waals surface area contributed by atoms with Crippen LogP contribution in [0.2, 0.25) is 0 Å². The van der Waals surface area contributed by atoms with Crippen LogP contribution in [-0.4, -0.2) is 103 Å². The molecule has 1 aromatic carbocycles. The average Bonchev–Trinajstić information content (AvgIpc) is 3.37. The van der Waals surface area contributed by atoms with Crippen LogP contribution in [0.1, 0.15) is 79.8 Å². The fourth-order valence-corrected chi connectivity index (χ4v) is 6.65. The molecule has 14 nitrogen and oxygen atoms in total. The molecule has 3 rings (SSSR count). The molecular formula is C37H56N6O8. The third-order valence-electron chi connectivity index (χ3n) is 9.65. The first kappa shape index (κ1) is 40.9. The number of Topliss-reactive ketones (excluding diaryl/α,β-unsaturated/α-hetero) is 1. The number of hydrogen-bond acceptors (Lipinski definition) is 8. The van der Waals surface area contributed by atoms with Crippen molar-refractivity contribution >= 4 is 41.4 Å². The predicted octanol–water partition coefficient (Wildman–Crippen LogP) is 2.18. The normalized spacial score (nSPS) is 20.6. The summed E-state index contributed by atoms with van der Waals surface area (Å²) in [6, 6.07) is 4.49. The Morgan fingerprint density at radius 3 is 2.16 bits per heavy atom. The molecule has 282 valence electrons. The van der Waals surface area contributed by atoms with Gasteiger partial charge in [-0.05, 0) is 40.6 Å². The largest absolute Gasteiger partial charge is 0.449 e. The molecule has 1 aliphatic carbocycles. The van der Waals surface area contributed by atoms with Crippen LogP contribution in [0.25, 0.3) is 0 Å². The van der Waals surface area contributed by atoms with Crippen molar-refractivity contribution in [1.29, 1.82) is 0 Å². The summed E-state index contributed by atoms with van der Waals surface area (Å²) in [6.07, 6.45) is -0.130. The third kappa shape index (κ3) is 10.1. The van der Waals surface area contributed by atoms with Crippen LogP contribution in [0.3, 0.4) is 0 Å². The number of amides is 6. The number of likely N-dealkylation sites (tertiary alicyclic amines) is 1.